The summed E-state index contributed by atoms with van der Waals surface area (Å²) in [5.41, 5.74) is 5.94. The molecular weight excluding hydrogens is 170 g/mol. The second-order valence-corrected chi connectivity index (χ2v) is 2.82. The van der Waals surface area contributed by atoms with Crippen LogP contribution in [0.1, 0.15) is 17.4 Å². The Bertz CT molecular complexity index is 345. The first-order valence-corrected chi connectivity index (χ1v) is 4.10. The minimum Gasteiger partial charge on any atom is -0.337 e. The summed E-state index contributed by atoms with van der Waals surface area (Å²) in [6.07, 6.45) is 1.09. The van der Waals surface area contributed by atoms with Gasteiger partial charge in [-0.15, -0.1) is 0 Å². The largest absolute Gasteiger partial charge is 0.337 e. The SMILES string of the molecule is CCn1cnc2c1NC(N)NC2=O. The van der Waals surface area contributed by atoms with Crippen LogP contribution in [0.5, 0.6) is 0 Å². The van der Waals surface area contributed by atoms with Gasteiger partial charge in [0.25, 0.3) is 5.91 Å². The monoisotopic (exact) mass is 181 g/mol. The number of carbonyl (C=O) groups excluding carboxylic acids is 1. The van der Waals surface area contributed by atoms with Crippen LogP contribution in [0.25, 0.3) is 0 Å². The second-order valence-electron chi connectivity index (χ2n) is 2.82. The molecule has 1 amide bonds. The number of hydrogen-bond acceptors (Lipinski definition) is 4. The number of aromatic nitrogens is 2. The van der Waals surface area contributed by atoms with Crippen molar-refractivity contribution >= 4 is 11.7 Å². The fraction of sp³-hybridized carbons (Fsp3) is 0.429. The van der Waals surface area contributed by atoms with E-state index in [-0.39, 0.29) is 5.91 Å². The van der Waals surface area contributed by atoms with E-state index < -0.39 is 6.29 Å². The molecule has 0 aliphatic carbocycles. The summed E-state index contributed by atoms with van der Waals surface area (Å²) in [6, 6.07) is 0. The van der Waals surface area contributed by atoms with Gasteiger partial charge in [0.05, 0.1) is 6.33 Å². The van der Waals surface area contributed by atoms with Crippen LogP contribution in [0.2, 0.25) is 0 Å². The first-order valence-electron chi connectivity index (χ1n) is 4.10. The molecule has 1 aromatic heterocycles. The van der Waals surface area contributed by atoms with Crippen LogP contribution in [0.15, 0.2) is 6.33 Å². The summed E-state index contributed by atoms with van der Waals surface area (Å²) in [7, 11) is 0. The maximum Gasteiger partial charge on any atom is 0.276 e. The highest BCUT2D eigenvalue weighted by molar-refractivity contribution is 5.98. The third-order valence-corrected chi connectivity index (χ3v) is 1.97. The van der Waals surface area contributed by atoms with Crippen LogP contribution < -0.4 is 16.4 Å². The Morgan fingerprint density at radius 2 is 2.46 bits per heavy atom. The van der Waals surface area contributed by atoms with Gasteiger partial charge in [-0.2, -0.15) is 0 Å². The average molecular weight is 181 g/mol. The lowest BCUT2D eigenvalue weighted by molar-refractivity contribution is 0.0932. The van der Waals surface area contributed by atoms with Crippen molar-refractivity contribution in [3.8, 4) is 0 Å². The zero-order valence-corrected chi connectivity index (χ0v) is 7.24. The molecule has 0 aromatic carbocycles. The van der Waals surface area contributed by atoms with Crippen molar-refractivity contribution in [2.24, 2.45) is 5.73 Å². The Morgan fingerprint density at radius 1 is 1.69 bits per heavy atom. The Balaban J connectivity index is 2.45. The lowest BCUT2D eigenvalue weighted by Gasteiger charge is -2.22. The Morgan fingerprint density at radius 3 is 3.15 bits per heavy atom. The first kappa shape index (κ1) is 8.06. The zero-order valence-electron chi connectivity index (χ0n) is 7.24. The summed E-state index contributed by atoms with van der Waals surface area (Å²) in [5, 5.41) is 5.46. The Hall–Kier alpha value is -1.56. The van der Waals surface area contributed by atoms with E-state index in [9.17, 15) is 4.79 Å². The van der Waals surface area contributed by atoms with Crippen LogP contribution >= 0.6 is 0 Å². The standard InChI is InChI=1S/C7H11N5O/c1-2-12-3-9-4-5(12)10-7(8)11-6(4)13/h3,7,10H,2,8H2,1H3,(H,11,13). The fourth-order valence-electron chi connectivity index (χ4n) is 1.33. The molecule has 13 heavy (non-hydrogen) atoms. The number of nitrogens with one attached hydrogen (secondary N) is 2. The number of imidazole rings is 1. The minimum absolute atomic E-state index is 0.228. The highest BCUT2D eigenvalue weighted by Crippen LogP contribution is 2.17. The van der Waals surface area contributed by atoms with E-state index in [1.807, 2.05) is 11.5 Å². The van der Waals surface area contributed by atoms with Gasteiger partial charge in [0.2, 0.25) is 0 Å². The van der Waals surface area contributed by atoms with Gasteiger partial charge in [-0.05, 0) is 6.92 Å². The topological polar surface area (TPSA) is 85.0 Å². The number of aryl methyl sites for hydroxylation is 1. The predicted molar refractivity (Wildman–Crippen MR) is 47.0 cm³/mol. The number of rotatable bonds is 1. The molecule has 1 atom stereocenters. The number of carbonyl (C=O) groups is 1. The summed E-state index contributed by atoms with van der Waals surface area (Å²) in [6.45, 7) is 2.73. The van der Waals surface area contributed by atoms with Gasteiger partial charge < -0.3 is 15.2 Å². The van der Waals surface area contributed by atoms with E-state index in [1.165, 1.54) is 0 Å². The molecule has 1 aliphatic rings. The van der Waals surface area contributed by atoms with E-state index in [0.717, 1.165) is 6.54 Å². The van der Waals surface area contributed by atoms with Crippen LogP contribution in [-0.4, -0.2) is 21.7 Å². The average Bonchev–Trinajstić information content (AvgIpc) is 2.47. The summed E-state index contributed by atoms with van der Waals surface area (Å²) in [5.74, 6) is 0.465. The smallest absolute Gasteiger partial charge is 0.276 e. The molecule has 0 saturated carbocycles. The van der Waals surface area contributed by atoms with Crippen LogP contribution in [0, 0.1) is 0 Å². The van der Waals surface area contributed by atoms with Gasteiger partial charge in [0, 0.05) is 6.54 Å². The normalized spacial score (nSPS) is 20.5. The lowest BCUT2D eigenvalue weighted by Crippen LogP contribution is -2.51. The highest BCUT2D eigenvalue weighted by Gasteiger charge is 2.25. The van der Waals surface area contributed by atoms with Gasteiger partial charge in [0.1, 0.15) is 5.82 Å². The van der Waals surface area contributed by atoms with Crippen LogP contribution in [0.4, 0.5) is 5.82 Å². The third kappa shape index (κ3) is 1.15. The van der Waals surface area contributed by atoms with Crippen molar-refractivity contribution in [1.82, 2.24) is 14.9 Å². The molecule has 2 rings (SSSR count). The number of anilines is 1. The van der Waals surface area contributed by atoms with Gasteiger partial charge in [-0.1, -0.05) is 0 Å². The molecule has 70 valence electrons. The maximum absolute atomic E-state index is 11.3. The number of hydrogen-bond donors (Lipinski definition) is 3. The molecular formula is C7H11N5O. The van der Waals surface area contributed by atoms with E-state index in [0.29, 0.717) is 11.5 Å². The van der Waals surface area contributed by atoms with Gasteiger partial charge in [-0.25, -0.2) is 4.98 Å². The maximum atomic E-state index is 11.3. The molecule has 6 heteroatoms. The third-order valence-electron chi connectivity index (χ3n) is 1.97. The molecule has 1 unspecified atom stereocenters. The quantitative estimate of drug-likeness (QED) is 0.535. The van der Waals surface area contributed by atoms with Crippen LogP contribution in [-0.2, 0) is 6.54 Å². The van der Waals surface area contributed by atoms with Gasteiger partial charge in [-0.3, -0.25) is 10.5 Å². The molecule has 0 fully saturated rings. The lowest BCUT2D eigenvalue weighted by atomic mass is 10.3. The number of nitrogens with zero attached hydrogens (tertiary/aromatic N) is 2. The number of nitrogens with two attached hydrogens (primary N) is 1. The minimum atomic E-state index is -0.526. The fourth-order valence-corrected chi connectivity index (χ4v) is 1.33. The van der Waals surface area contributed by atoms with Crippen molar-refractivity contribution in [3.63, 3.8) is 0 Å². The van der Waals surface area contributed by atoms with Crippen molar-refractivity contribution in [1.29, 1.82) is 0 Å². The van der Waals surface area contributed by atoms with Crippen molar-refractivity contribution in [2.45, 2.75) is 19.8 Å². The predicted octanol–water partition coefficient (Wildman–Crippen LogP) is -0.699. The van der Waals surface area contributed by atoms with E-state index in [2.05, 4.69) is 15.6 Å². The number of fused-ring (bicyclic) bond motifs is 1. The Kier molecular flexibility index (Phi) is 1.70. The zero-order chi connectivity index (χ0) is 9.42. The molecule has 0 saturated heterocycles. The number of amides is 1. The molecule has 0 spiro atoms. The van der Waals surface area contributed by atoms with Gasteiger partial charge >= 0.3 is 0 Å². The molecule has 2 heterocycles. The van der Waals surface area contributed by atoms with Crippen molar-refractivity contribution < 1.29 is 4.79 Å². The molecule has 6 nitrogen and oxygen atoms in total. The summed E-state index contributed by atoms with van der Waals surface area (Å²) < 4.78 is 1.84. The second kappa shape index (κ2) is 2.74. The molecule has 0 radical (unpaired) electrons. The Labute approximate surface area is 75.1 Å². The molecule has 4 N–H and O–H groups in total. The van der Waals surface area contributed by atoms with E-state index >= 15 is 0 Å². The van der Waals surface area contributed by atoms with Gasteiger partial charge in [0.15, 0.2) is 12.0 Å². The van der Waals surface area contributed by atoms with E-state index in [4.69, 9.17) is 5.73 Å². The summed E-state index contributed by atoms with van der Waals surface area (Å²) in [4.78, 5) is 15.3. The highest BCUT2D eigenvalue weighted by atomic mass is 16.2. The van der Waals surface area contributed by atoms with Crippen LogP contribution in [0.3, 0.4) is 0 Å². The molecule has 1 aliphatic heterocycles. The van der Waals surface area contributed by atoms with E-state index in [1.54, 1.807) is 6.33 Å². The summed E-state index contributed by atoms with van der Waals surface area (Å²) >= 11 is 0. The van der Waals surface area contributed by atoms with Crippen molar-refractivity contribution in [2.75, 3.05) is 5.32 Å². The first-order chi connectivity index (χ1) is 6.22. The van der Waals surface area contributed by atoms with Crippen molar-refractivity contribution in [3.05, 3.63) is 12.0 Å². The molecule has 1 aromatic rings. The molecule has 0 bridgehead atoms.